The molecule has 2 aromatic heterocycles. The number of rotatable bonds is 5. The van der Waals surface area contributed by atoms with Gasteiger partial charge in [-0.15, -0.1) is 0 Å². The molecule has 27 heavy (non-hydrogen) atoms. The topological polar surface area (TPSA) is 71.2 Å². The number of ether oxygens (including phenoxy) is 1. The van der Waals surface area contributed by atoms with E-state index in [1.54, 1.807) is 0 Å². The smallest absolute Gasteiger partial charge is 0.310 e. The van der Waals surface area contributed by atoms with Gasteiger partial charge in [-0.3, -0.25) is 4.79 Å². The van der Waals surface area contributed by atoms with Gasteiger partial charge in [-0.05, 0) is 54.8 Å². The number of nitrogens with zero attached hydrogens (tertiary/aromatic N) is 4. The zero-order chi connectivity index (χ0) is 19.2. The SMILES string of the molecule is CCNC(=NCc1cn2cc(Br)ccc2n1)N1CCC[C@@H](C(=O)OCC)C1. The minimum absolute atomic E-state index is 0.0879. The Labute approximate surface area is 167 Å². The van der Waals surface area contributed by atoms with Gasteiger partial charge in [0, 0.05) is 36.5 Å². The van der Waals surface area contributed by atoms with Gasteiger partial charge in [-0.1, -0.05) is 0 Å². The number of aromatic nitrogens is 2. The first-order valence-electron chi connectivity index (χ1n) is 9.43. The Kier molecular flexibility index (Phi) is 6.71. The van der Waals surface area contributed by atoms with Gasteiger partial charge in [0.25, 0.3) is 0 Å². The van der Waals surface area contributed by atoms with E-state index in [1.807, 2.05) is 42.8 Å². The summed E-state index contributed by atoms with van der Waals surface area (Å²) < 4.78 is 8.19. The Bertz CT molecular complexity index is 820. The fourth-order valence-electron chi connectivity index (χ4n) is 3.30. The molecule has 1 saturated heterocycles. The van der Waals surface area contributed by atoms with Crippen molar-refractivity contribution in [3.05, 3.63) is 34.7 Å². The van der Waals surface area contributed by atoms with Crippen LogP contribution in [0.2, 0.25) is 0 Å². The van der Waals surface area contributed by atoms with Crippen LogP contribution in [0.1, 0.15) is 32.4 Å². The van der Waals surface area contributed by atoms with Gasteiger partial charge >= 0.3 is 5.97 Å². The molecule has 0 amide bonds. The first-order valence-corrected chi connectivity index (χ1v) is 10.2. The molecule has 0 saturated carbocycles. The molecule has 3 rings (SSSR count). The highest BCUT2D eigenvalue weighted by Gasteiger charge is 2.28. The van der Waals surface area contributed by atoms with E-state index in [-0.39, 0.29) is 11.9 Å². The van der Waals surface area contributed by atoms with Gasteiger partial charge in [-0.25, -0.2) is 9.98 Å². The molecule has 0 bridgehead atoms. The largest absolute Gasteiger partial charge is 0.466 e. The minimum atomic E-state index is -0.107. The second-order valence-electron chi connectivity index (χ2n) is 6.55. The molecule has 1 atom stereocenters. The third-order valence-corrected chi connectivity index (χ3v) is 5.00. The number of carbonyl (C=O) groups is 1. The number of aliphatic imine (C=N–C) groups is 1. The predicted octanol–water partition coefficient (Wildman–Crippen LogP) is 2.84. The maximum Gasteiger partial charge on any atom is 0.310 e. The average molecular weight is 436 g/mol. The first-order chi connectivity index (χ1) is 13.1. The van der Waals surface area contributed by atoms with Crippen LogP contribution in [0.5, 0.6) is 0 Å². The van der Waals surface area contributed by atoms with Gasteiger partial charge in [0.15, 0.2) is 5.96 Å². The standard InChI is InChI=1S/C19H26BrN5O2/c1-3-21-19(24-9-5-6-14(11-24)18(26)27-4-2)22-10-16-13-25-12-15(20)7-8-17(25)23-16/h7-8,12-14H,3-6,9-11H2,1-2H3,(H,21,22)/t14-/m1/s1. The summed E-state index contributed by atoms with van der Waals surface area (Å²) in [6.45, 7) is 7.11. The lowest BCUT2D eigenvalue weighted by atomic mass is 9.98. The number of esters is 1. The number of piperidine rings is 1. The molecular formula is C19H26BrN5O2. The number of guanidine groups is 1. The second-order valence-corrected chi connectivity index (χ2v) is 7.47. The van der Waals surface area contributed by atoms with Crippen molar-refractivity contribution < 1.29 is 9.53 Å². The average Bonchev–Trinajstić information content (AvgIpc) is 3.07. The summed E-state index contributed by atoms with van der Waals surface area (Å²) in [6, 6.07) is 3.94. The Hall–Kier alpha value is -2.09. The van der Waals surface area contributed by atoms with Crippen LogP contribution in [0.15, 0.2) is 34.0 Å². The van der Waals surface area contributed by atoms with Crippen LogP contribution in [-0.4, -0.2) is 52.5 Å². The van der Waals surface area contributed by atoms with Crippen molar-refractivity contribution in [1.29, 1.82) is 0 Å². The second kappa shape index (κ2) is 9.21. The molecule has 0 spiro atoms. The summed E-state index contributed by atoms with van der Waals surface area (Å²) in [5.74, 6) is 0.629. The van der Waals surface area contributed by atoms with E-state index in [1.165, 1.54) is 0 Å². The molecule has 1 aliphatic rings. The molecule has 0 radical (unpaired) electrons. The van der Waals surface area contributed by atoms with Gasteiger partial charge in [0.1, 0.15) is 5.65 Å². The number of hydrogen-bond donors (Lipinski definition) is 1. The third kappa shape index (κ3) is 5.00. The van der Waals surface area contributed by atoms with Crippen molar-refractivity contribution in [2.24, 2.45) is 10.9 Å². The summed E-state index contributed by atoms with van der Waals surface area (Å²) >= 11 is 3.47. The van der Waals surface area contributed by atoms with E-state index in [4.69, 9.17) is 9.73 Å². The molecule has 1 aliphatic heterocycles. The van der Waals surface area contributed by atoms with Gasteiger partial charge in [-0.2, -0.15) is 0 Å². The van der Waals surface area contributed by atoms with E-state index in [9.17, 15) is 4.79 Å². The molecule has 146 valence electrons. The minimum Gasteiger partial charge on any atom is -0.466 e. The Morgan fingerprint density at radius 2 is 2.26 bits per heavy atom. The molecule has 0 aromatic carbocycles. The number of halogens is 1. The van der Waals surface area contributed by atoms with Crippen LogP contribution in [0, 0.1) is 5.92 Å². The monoisotopic (exact) mass is 435 g/mol. The van der Waals surface area contributed by atoms with Crippen LogP contribution in [0.3, 0.4) is 0 Å². The predicted molar refractivity (Wildman–Crippen MR) is 109 cm³/mol. The summed E-state index contributed by atoms with van der Waals surface area (Å²) in [5, 5.41) is 3.34. The lowest BCUT2D eigenvalue weighted by Gasteiger charge is -2.33. The van der Waals surface area contributed by atoms with Crippen molar-refractivity contribution in [3.8, 4) is 0 Å². The fourth-order valence-corrected chi connectivity index (χ4v) is 3.65. The lowest BCUT2D eigenvalue weighted by Crippen LogP contribution is -2.48. The number of likely N-dealkylation sites (tertiary alicyclic amines) is 1. The first kappa shape index (κ1) is 19.7. The molecule has 7 nitrogen and oxygen atoms in total. The maximum absolute atomic E-state index is 12.1. The molecule has 2 aromatic rings. The van der Waals surface area contributed by atoms with Gasteiger partial charge < -0.3 is 19.4 Å². The van der Waals surface area contributed by atoms with E-state index in [0.717, 1.165) is 47.7 Å². The Balaban J connectivity index is 1.72. The van der Waals surface area contributed by atoms with Crippen LogP contribution < -0.4 is 5.32 Å². The van der Waals surface area contributed by atoms with Crippen molar-refractivity contribution in [3.63, 3.8) is 0 Å². The maximum atomic E-state index is 12.1. The van der Waals surface area contributed by atoms with E-state index < -0.39 is 0 Å². The van der Waals surface area contributed by atoms with E-state index in [2.05, 4.69) is 31.1 Å². The number of carbonyl (C=O) groups excluding carboxylic acids is 1. The number of nitrogens with one attached hydrogen (secondary N) is 1. The zero-order valence-electron chi connectivity index (χ0n) is 15.8. The van der Waals surface area contributed by atoms with Crippen LogP contribution >= 0.6 is 15.9 Å². The number of imidazole rings is 1. The highest BCUT2D eigenvalue weighted by Crippen LogP contribution is 2.18. The van der Waals surface area contributed by atoms with Crippen molar-refractivity contribution in [1.82, 2.24) is 19.6 Å². The molecule has 8 heteroatoms. The molecule has 0 unspecified atom stereocenters. The number of hydrogen-bond acceptors (Lipinski definition) is 4. The highest BCUT2D eigenvalue weighted by atomic mass is 79.9. The third-order valence-electron chi connectivity index (χ3n) is 4.53. The van der Waals surface area contributed by atoms with Crippen molar-refractivity contribution >= 4 is 33.5 Å². The highest BCUT2D eigenvalue weighted by molar-refractivity contribution is 9.10. The molecule has 1 N–H and O–H groups in total. The quantitative estimate of drug-likeness (QED) is 0.444. The van der Waals surface area contributed by atoms with Crippen LogP contribution in [-0.2, 0) is 16.1 Å². The van der Waals surface area contributed by atoms with Crippen molar-refractivity contribution in [2.75, 3.05) is 26.2 Å². The fraction of sp³-hybridized carbons (Fsp3) is 0.526. The Morgan fingerprint density at radius 1 is 1.41 bits per heavy atom. The van der Waals surface area contributed by atoms with E-state index >= 15 is 0 Å². The summed E-state index contributed by atoms with van der Waals surface area (Å²) in [7, 11) is 0. The van der Waals surface area contributed by atoms with E-state index in [0.29, 0.717) is 19.7 Å². The van der Waals surface area contributed by atoms with Gasteiger partial charge in [0.05, 0.1) is 24.8 Å². The normalized spacial score (nSPS) is 18.0. The molecular weight excluding hydrogens is 410 g/mol. The Morgan fingerprint density at radius 3 is 3.04 bits per heavy atom. The summed E-state index contributed by atoms with van der Waals surface area (Å²) in [5.41, 5.74) is 1.80. The molecule has 3 heterocycles. The lowest BCUT2D eigenvalue weighted by molar-refractivity contribution is -0.149. The summed E-state index contributed by atoms with van der Waals surface area (Å²) in [4.78, 5) is 23.6. The van der Waals surface area contributed by atoms with Crippen molar-refractivity contribution in [2.45, 2.75) is 33.2 Å². The number of pyridine rings is 1. The van der Waals surface area contributed by atoms with Crippen LogP contribution in [0.4, 0.5) is 0 Å². The molecule has 1 fully saturated rings. The number of fused-ring (bicyclic) bond motifs is 1. The molecule has 0 aliphatic carbocycles. The van der Waals surface area contributed by atoms with Crippen LogP contribution in [0.25, 0.3) is 5.65 Å². The van der Waals surface area contributed by atoms with Gasteiger partial charge in [0.2, 0.25) is 0 Å². The zero-order valence-corrected chi connectivity index (χ0v) is 17.4. The summed E-state index contributed by atoms with van der Waals surface area (Å²) in [6.07, 6.45) is 5.80.